The number of nitrogens with zero attached hydrogens (tertiary/aromatic N) is 2. The zero-order valence-corrected chi connectivity index (χ0v) is 35.1. The van der Waals surface area contributed by atoms with Crippen LogP contribution in [0.1, 0.15) is 86.2 Å². The third-order valence-corrected chi connectivity index (χ3v) is 14.4. The summed E-state index contributed by atoms with van der Waals surface area (Å²) in [5.74, 6) is 0. The fourth-order valence-corrected chi connectivity index (χ4v) is 11.2. The Labute approximate surface area is 353 Å². The highest BCUT2D eigenvalue weighted by atomic mass is 15.2. The Morgan fingerprint density at radius 1 is 0.450 bits per heavy atom. The van der Waals surface area contributed by atoms with Crippen molar-refractivity contribution in [3.05, 3.63) is 208 Å². The molecular formula is C58H46N2. The summed E-state index contributed by atoms with van der Waals surface area (Å²) in [6.07, 6.45) is 8.49. The number of para-hydroxylation sites is 1. The molecule has 288 valence electrons. The van der Waals surface area contributed by atoms with Gasteiger partial charge in [0.2, 0.25) is 0 Å². The van der Waals surface area contributed by atoms with Crippen molar-refractivity contribution < 1.29 is 0 Å². The number of hydrogen-bond acceptors (Lipinski definition) is 1. The Hall–Kier alpha value is -6.86. The SMILES string of the molecule is CC1(C)c2ccccc2-c2cc3c(cc21)N(c1ccc(-c2ccc(-n4c5c(c6cc7c(cc64)C(C)(C)c4ccccc4-7)C=C=CC=C5)cc2)cc1)c1ccccc1C3(C)C. The average Bonchev–Trinajstić information content (AvgIpc) is 3.66. The van der Waals surface area contributed by atoms with E-state index in [1.807, 2.05) is 6.08 Å². The molecule has 1 aliphatic heterocycles. The van der Waals surface area contributed by atoms with E-state index in [0.717, 1.165) is 5.69 Å². The van der Waals surface area contributed by atoms with Crippen molar-refractivity contribution in [2.75, 3.05) is 4.90 Å². The Bertz CT molecular complexity index is 3250. The first-order valence-corrected chi connectivity index (χ1v) is 21.3. The van der Waals surface area contributed by atoms with Crippen LogP contribution in [0.4, 0.5) is 17.1 Å². The summed E-state index contributed by atoms with van der Waals surface area (Å²) in [5, 5.41) is 1.26. The standard InChI is InChI=1S/C58H46N2/c1-56(2)46-19-12-10-16-40(46)43-32-45-42-18-8-7-9-22-52(42)59(54(45)34-49(43)56)38-28-24-36(25-29-38)37-26-30-39(31-27-37)60-53-23-15-14-21-48(53)58(5,6)51-33-44-41-17-11-13-20-47(41)57(3,4)50(44)35-55(51)60/h7,9-35H,1-6H3. The van der Waals surface area contributed by atoms with Gasteiger partial charge < -0.3 is 9.47 Å². The zero-order valence-electron chi connectivity index (χ0n) is 35.1. The molecule has 7 aromatic carbocycles. The first kappa shape index (κ1) is 35.1. The molecule has 0 unspecified atom stereocenters. The molecule has 0 bridgehead atoms. The first-order chi connectivity index (χ1) is 29.0. The Morgan fingerprint density at radius 2 is 1.00 bits per heavy atom. The summed E-state index contributed by atoms with van der Waals surface area (Å²) >= 11 is 0. The van der Waals surface area contributed by atoms with Crippen LogP contribution in [0.2, 0.25) is 0 Å². The highest BCUT2D eigenvalue weighted by molar-refractivity contribution is 6.01. The van der Waals surface area contributed by atoms with Gasteiger partial charge in [0.1, 0.15) is 0 Å². The van der Waals surface area contributed by atoms with Gasteiger partial charge in [-0.2, -0.15) is 0 Å². The van der Waals surface area contributed by atoms with Crippen LogP contribution in [0.3, 0.4) is 0 Å². The minimum Gasteiger partial charge on any atom is -0.310 e. The predicted molar refractivity (Wildman–Crippen MR) is 252 cm³/mol. The van der Waals surface area contributed by atoms with E-state index in [0.29, 0.717) is 0 Å². The van der Waals surface area contributed by atoms with E-state index in [1.165, 1.54) is 106 Å². The molecule has 2 heterocycles. The highest BCUT2D eigenvalue weighted by Crippen LogP contribution is 2.58. The summed E-state index contributed by atoms with van der Waals surface area (Å²) in [4.78, 5) is 2.50. The van der Waals surface area contributed by atoms with Crippen molar-refractivity contribution in [3.8, 4) is 39.1 Å². The quantitative estimate of drug-likeness (QED) is 0.162. The largest absolute Gasteiger partial charge is 0.310 e. The van der Waals surface area contributed by atoms with Gasteiger partial charge in [-0.1, -0.05) is 139 Å². The lowest BCUT2D eigenvalue weighted by atomic mass is 9.72. The Balaban J connectivity index is 0.941. The van der Waals surface area contributed by atoms with E-state index < -0.39 is 0 Å². The van der Waals surface area contributed by atoms with Gasteiger partial charge in [0.15, 0.2) is 0 Å². The second kappa shape index (κ2) is 12.1. The molecule has 0 spiro atoms. The van der Waals surface area contributed by atoms with Crippen molar-refractivity contribution in [3.63, 3.8) is 0 Å². The molecule has 0 amide bonds. The highest BCUT2D eigenvalue weighted by Gasteiger charge is 2.42. The molecule has 2 nitrogen and oxygen atoms in total. The van der Waals surface area contributed by atoms with E-state index in [1.54, 1.807) is 0 Å². The average molecular weight is 771 g/mol. The van der Waals surface area contributed by atoms with Gasteiger partial charge >= 0.3 is 0 Å². The third-order valence-electron chi connectivity index (χ3n) is 14.4. The number of rotatable bonds is 3. The maximum atomic E-state index is 3.40. The first-order valence-electron chi connectivity index (χ1n) is 21.3. The van der Waals surface area contributed by atoms with Gasteiger partial charge in [-0.15, -0.1) is 5.73 Å². The molecule has 0 fully saturated rings. The van der Waals surface area contributed by atoms with E-state index in [-0.39, 0.29) is 16.2 Å². The van der Waals surface area contributed by atoms with Gasteiger partial charge in [0.25, 0.3) is 0 Å². The van der Waals surface area contributed by atoms with E-state index in [2.05, 4.69) is 221 Å². The Kier molecular flexibility index (Phi) is 7.08. The molecule has 8 aromatic rings. The molecule has 1 aromatic heterocycles. The minimum absolute atomic E-state index is 0.0781. The van der Waals surface area contributed by atoms with E-state index in [4.69, 9.17) is 0 Å². The number of allylic oxidation sites excluding steroid dienone is 2. The summed E-state index contributed by atoms with van der Waals surface area (Å²) in [6.45, 7) is 14.2. The number of aromatic nitrogens is 1. The van der Waals surface area contributed by atoms with Crippen molar-refractivity contribution in [1.29, 1.82) is 0 Å². The summed E-state index contributed by atoms with van der Waals surface area (Å²) in [5.41, 5.74) is 27.6. The molecule has 0 saturated heterocycles. The monoisotopic (exact) mass is 770 g/mol. The number of fused-ring (bicyclic) bond motifs is 11. The smallest absolute Gasteiger partial charge is 0.0547 e. The topological polar surface area (TPSA) is 8.17 Å². The Morgan fingerprint density at radius 3 is 1.67 bits per heavy atom. The van der Waals surface area contributed by atoms with Gasteiger partial charge in [0.05, 0.1) is 22.6 Å². The van der Waals surface area contributed by atoms with Crippen LogP contribution >= 0.6 is 0 Å². The van der Waals surface area contributed by atoms with Crippen LogP contribution in [0.5, 0.6) is 0 Å². The molecule has 0 radical (unpaired) electrons. The summed E-state index contributed by atoms with van der Waals surface area (Å²) in [6, 6.07) is 55.0. The fourth-order valence-electron chi connectivity index (χ4n) is 11.2. The second-order valence-corrected chi connectivity index (χ2v) is 18.7. The predicted octanol–water partition coefficient (Wildman–Crippen LogP) is 15.2. The van der Waals surface area contributed by atoms with Gasteiger partial charge in [-0.3, -0.25) is 0 Å². The lowest BCUT2D eigenvalue weighted by molar-refractivity contribution is 0.627. The molecule has 0 N–H and O–H groups in total. The van der Waals surface area contributed by atoms with Gasteiger partial charge in [0, 0.05) is 38.6 Å². The number of anilines is 3. The summed E-state index contributed by atoms with van der Waals surface area (Å²) in [7, 11) is 0. The maximum absolute atomic E-state index is 3.40. The van der Waals surface area contributed by atoms with E-state index >= 15 is 0 Å². The number of hydrogen-bond donors (Lipinski definition) is 0. The maximum Gasteiger partial charge on any atom is 0.0547 e. The molecule has 12 rings (SSSR count). The van der Waals surface area contributed by atoms with Crippen LogP contribution in [-0.4, -0.2) is 4.57 Å². The van der Waals surface area contributed by atoms with Gasteiger partial charge in [-0.05, 0) is 140 Å². The summed E-state index contributed by atoms with van der Waals surface area (Å²) < 4.78 is 2.44. The van der Waals surface area contributed by atoms with Crippen molar-refractivity contribution in [1.82, 2.24) is 4.57 Å². The van der Waals surface area contributed by atoms with Crippen LogP contribution in [0.15, 0.2) is 163 Å². The lowest BCUT2D eigenvalue weighted by Gasteiger charge is -2.43. The van der Waals surface area contributed by atoms with Crippen molar-refractivity contribution >= 4 is 40.1 Å². The molecule has 3 aliphatic carbocycles. The van der Waals surface area contributed by atoms with Crippen LogP contribution in [0, 0.1) is 0 Å². The van der Waals surface area contributed by atoms with E-state index in [9.17, 15) is 0 Å². The van der Waals surface area contributed by atoms with Crippen LogP contribution in [-0.2, 0) is 16.2 Å². The van der Waals surface area contributed by atoms with Crippen LogP contribution in [0.25, 0.3) is 62.1 Å². The molecular weight excluding hydrogens is 725 g/mol. The number of benzene rings is 7. The third kappa shape index (κ3) is 4.66. The zero-order chi connectivity index (χ0) is 40.7. The lowest BCUT2D eigenvalue weighted by Crippen LogP contribution is -2.31. The molecule has 2 heteroatoms. The normalized spacial score (nSPS) is 16.4. The second-order valence-electron chi connectivity index (χ2n) is 18.7. The van der Waals surface area contributed by atoms with Crippen molar-refractivity contribution in [2.24, 2.45) is 0 Å². The minimum atomic E-state index is -0.159. The molecule has 60 heavy (non-hydrogen) atoms. The molecule has 0 saturated carbocycles. The van der Waals surface area contributed by atoms with Crippen molar-refractivity contribution in [2.45, 2.75) is 57.8 Å². The molecule has 4 aliphatic rings. The van der Waals surface area contributed by atoms with Gasteiger partial charge in [-0.25, -0.2) is 0 Å². The van der Waals surface area contributed by atoms with Crippen LogP contribution < -0.4 is 4.90 Å². The fraction of sp³-hybridized carbons (Fsp3) is 0.155. The molecule has 0 atom stereocenters.